The molecule has 1 fully saturated rings. The van der Waals surface area contributed by atoms with Gasteiger partial charge in [-0.1, -0.05) is 30.3 Å². The molecule has 1 aliphatic heterocycles. The van der Waals surface area contributed by atoms with Crippen LogP contribution in [0, 0.1) is 0 Å². The van der Waals surface area contributed by atoms with E-state index in [1.54, 1.807) is 17.0 Å². The number of fused-ring (bicyclic) bond motifs is 1. The predicted molar refractivity (Wildman–Crippen MR) is 106 cm³/mol. The molecule has 3 rings (SSSR count). The maximum atomic E-state index is 12.4. The lowest BCUT2D eigenvalue weighted by molar-refractivity contribution is 0.0169. The van der Waals surface area contributed by atoms with Crippen molar-refractivity contribution in [1.82, 2.24) is 15.1 Å². The van der Waals surface area contributed by atoms with Crippen molar-refractivity contribution in [3.8, 4) is 0 Å². The fraction of sp³-hybridized carbons (Fsp3) is 0.381. The lowest BCUT2D eigenvalue weighted by atomic mass is 10.1. The molecule has 0 saturated carbocycles. The van der Waals surface area contributed by atoms with E-state index in [0.29, 0.717) is 31.7 Å². The van der Waals surface area contributed by atoms with Crippen LogP contribution in [0.3, 0.4) is 0 Å². The Kier molecular flexibility index (Phi) is 5.53. The van der Waals surface area contributed by atoms with E-state index in [4.69, 9.17) is 4.74 Å². The molecule has 1 saturated heterocycles. The summed E-state index contributed by atoms with van der Waals surface area (Å²) in [6, 6.07) is 12.6. The normalized spacial score (nSPS) is 14.7. The maximum absolute atomic E-state index is 12.4. The zero-order valence-electron chi connectivity index (χ0n) is 16.4. The highest BCUT2D eigenvalue weighted by Gasteiger charge is 2.28. The predicted octanol–water partition coefficient (Wildman–Crippen LogP) is 3.24. The van der Waals surface area contributed by atoms with Gasteiger partial charge in [-0.25, -0.2) is 9.59 Å². The number of carbonyl (C=O) groups is 3. The molecule has 1 aliphatic rings. The topological polar surface area (TPSA) is 79.0 Å². The van der Waals surface area contributed by atoms with Crippen molar-refractivity contribution in [2.24, 2.45) is 0 Å². The minimum atomic E-state index is -0.558. The van der Waals surface area contributed by atoms with Crippen LogP contribution in [-0.4, -0.2) is 59.6 Å². The van der Waals surface area contributed by atoms with Crippen LogP contribution in [0.25, 0.3) is 10.8 Å². The molecule has 0 atom stereocenters. The van der Waals surface area contributed by atoms with Crippen LogP contribution in [-0.2, 0) is 4.74 Å². The summed E-state index contributed by atoms with van der Waals surface area (Å²) in [7, 11) is 0. The van der Waals surface area contributed by atoms with Crippen LogP contribution in [0.1, 0.15) is 31.1 Å². The second-order valence-electron chi connectivity index (χ2n) is 7.78. The van der Waals surface area contributed by atoms with E-state index in [1.807, 2.05) is 51.1 Å². The third-order valence-corrected chi connectivity index (χ3v) is 4.45. The second-order valence-corrected chi connectivity index (χ2v) is 7.78. The molecule has 28 heavy (non-hydrogen) atoms. The van der Waals surface area contributed by atoms with E-state index < -0.39 is 17.5 Å². The molecule has 7 nitrogen and oxygen atoms in total. The Labute approximate surface area is 164 Å². The number of amides is 4. The zero-order valence-corrected chi connectivity index (χ0v) is 16.4. The molecule has 4 amide bonds. The van der Waals surface area contributed by atoms with Gasteiger partial charge in [0.2, 0.25) is 0 Å². The fourth-order valence-electron chi connectivity index (χ4n) is 3.00. The van der Waals surface area contributed by atoms with Crippen molar-refractivity contribution in [2.75, 3.05) is 26.2 Å². The van der Waals surface area contributed by atoms with Crippen molar-refractivity contribution in [3.05, 3.63) is 48.0 Å². The molecule has 0 unspecified atom stereocenters. The van der Waals surface area contributed by atoms with Crippen molar-refractivity contribution < 1.29 is 19.1 Å². The molecule has 1 heterocycles. The van der Waals surface area contributed by atoms with E-state index in [1.165, 1.54) is 4.90 Å². The first-order chi connectivity index (χ1) is 13.2. The number of benzene rings is 2. The molecule has 7 heteroatoms. The number of imide groups is 1. The molecule has 2 aromatic rings. The standard InChI is InChI=1S/C21H25N3O4/c1-21(2,3)28-20(27)24-12-10-23(11-13-24)19(26)22-18(25)17-9-8-15-6-4-5-7-16(15)14-17/h4-9,14H,10-13H2,1-3H3,(H,22,25,26). The van der Waals surface area contributed by atoms with Crippen molar-refractivity contribution in [1.29, 1.82) is 0 Å². The summed E-state index contributed by atoms with van der Waals surface area (Å²) in [5.74, 6) is -0.440. The second kappa shape index (κ2) is 7.88. The number of ether oxygens (including phenoxy) is 1. The van der Waals surface area contributed by atoms with Gasteiger partial charge >= 0.3 is 12.1 Å². The summed E-state index contributed by atoms with van der Waals surface area (Å²) in [6.45, 7) is 6.86. The molecule has 2 aromatic carbocycles. The molecular weight excluding hydrogens is 358 g/mol. The fourth-order valence-corrected chi connectivity index (χ4v) is 3.00. The largest absolute Gasteiger partial charge is 0.444 e. The smallest absolute Gasteiger partial charge is 0.410 e. The van der Waals surface area contributed by atoms with Gasteiger partial charge in [0.15, 0.2) is 0 Å². The van der Waals surface area contributed by atoms with Gasteiger partial charge in [-0.15, -0.1) is 0 Å². The zero-order chi connectivity index (χ0) is 20.3. The van der Waals surface area contributed by atoms with Crippen LogP contribution < -0.4 is 5.32 Å². The Morgan fingerprint density at radius 1 is 0.893 bits per heavy atom. The summed E-state index contributed by atoms with van der Waals surface area (Å²) >= 11 is 0. The van der Waals surface area contributed by atoms with Gasteiger partial charge in [0.05, 0.1) is 0 Å². The summed E-state index contributed by atoms with van der Waals surface area (Å²) in [5.41, 5.74) is -0.128. The molecule has 1 N–H and O–H groups in total. The number of carbonyl (C=O) groups excluding carboxylic acids is 3. The van der Waals surface area contributed by atoms with Crippen LogP contribution in [0.2, 0.25) is 0 Å². The highest BCUT2D eigenvalue weighted by atomic mass is 16.6. The third-order valence-electron chi connectivity index (χ3n) is 4.45. The van der Waals surface area contributed by atoms with Crippen LogP contribution in [0.5, 0.6) is 0 Å². The van der Waals surface area contributed by atoms with Gasteiger partial charge < -0.3 is 14.5 Å². The van der Waals surface area contributed by atoms with Crippen molar-refractivity contribution >= 4 is 28.8 Å². The summed E-state index contributed by atoms with van der Waals surface area (Å²) in [4.78, 5) is 40.0. The van der Waals surface area contributed by atoms with E-state index in [0.717, 1.165) is 10.8 Å². The Morgan fingerprint density at radius 2 is 1.50 bits per heavy atom. The Hall–Kier alpha value is -3.09. The van der Waals surface area contributed by atoms with Gasteiger partial charge in [0.25, 0.3) is 5.91 Å². The lowest BCUT2D eigenvalue weighted by Crippen LogP contribution is -2.54. The van der Waals surface area contributed by atoms with E-state index in [9.17, 15) is 14.4 Å². The minimum absolute atomic E-state index is 0.343. The van der Waals surface area contributed by atoms with Crippen LogP contribution in [0.15, 0.2) is 42.5 Å². The monoisotopic (exact) mass is 383 g/mol. The Bertz CT molecular complexity index is 896. The average molecular weight is 383 g/mol. The van der Waals surface area contributed by atoms with Crippen LogP contribution in [0.4, 0.5) is 9.59 Å². The number of hydrogen-bond donors (Lipinski definition) is 1. The first kappa shape index (κ1) is 19.7. The maximum Gasteiger partial charge on any atom is 0.410 e. The van der Waals surface area contributed by atoms with Crippen LogP contribution >= 0.6 is 0 Å². The number of piperazine rings is 1. The highest BCUT2D eigenvalue weighted by Crippen LogP contribution is 2.16. The number of hydrogen-bond acceptors (Lipinski definition) is 4. The Morgan fingerprint density at radius 3 is 2.14 bits per heavy atom. The van der Waals surface area contributed by atoms with E-state index in [-0.39, 0.29) is 6.09 Å². The summed E-state index contributed by atoms with van der Waals surface area (Å²) in [6.07, 6.45) is -0.389. The first-order valence-corrected chi connectivity index (χ1v) is 9.30. The molecule has 148 valence electrons. The highest BCUT2D eigenvalue weighted by molar-refractivity contribution is 6.06. The number of nitrogens with zero attached hydrogens (tertiary/aromatic N) is 2. The lowest BCUT2D eigenvalue weighted by Gasteiger charge is -2.35. The molecule has 0 aliphatic carbocycles. The van der Waals surface area contributed by atoms with E-state index in [2.05, 4.69) is 5.32 Å². The van der Waals surface area contributed by atoms with Gasteiger partial charge in [0.1, 0.15) is 5.60 Å². The molecule has 0 bridgehead atoms. The van der Waals surface area contributed by atoms with Crippen molar-refractivity contribution in [3.63, 3.8) is 0 Å². The summed E-state index contributed by atoms with van der Waals surface area (Å²) < 4.78 is 5.34. The van der Waals surface area contributed by atoms with Gasteiger partial charge in [-0.05, 0) is 43.7 Å². The third kappa shape index (κ3) is 4.79. The quantitative estimate of drug-likeness (QED) is 0.820. The molecule has 0 aromatic heterocycles. The molecule has 0 radical (unpaired) electrons. The average Bonchev–Trinajstić information content (AvgIpc) is 2.66. The number of urea groups is 1. The van der Waals surface area contributed by atoms with Gasteiger partial charge in [0, 0.05) is 31.7 Å². The minimum Gasteiger partial charge on any atom is -0.444 e. The van der Waals surface area contributed by atoms with Crippen molar-refractivity contribution in [2.45, 2.75) is 26.4 Å². The number of rotatable bonds is 1. The van der Waals surface area contributed by atoms with E-state index >= 15 is 0 Å². The molecular formula is C21H25N3O4. The SMILES string of the molecule is CC(C)(C)OC(=O)N1CCN(C(=O)NC(=O)c2ccc3ccccc3c2)CC1. The Balaban J connectivity index is 1.55. The first-order valence-electron chi connectivity index (χ1n) is 9.30. The van der Waals surface area contributed by atoms with Gasteiger partial charge in [-0.2, -0.15) is 0 Å². The molecule has 0 spiro atoms. The number of nitrogens with one attached hydrogen (secondary N) is 1. The van der Waals surface area contributed by atoms with Gasteiger partial charge in [-0.3, -0.25) is 10.1 Å². The summed E-state index contributed by atoms with van der Waals surface area (Å²) in [5, 5.41) is 4.40.